The molecule has 4 heteroatoms. The molecule has 0 amide bonds. The molecule has 0 radical (unpaired) electrons. The minimum absolute atomic E-state index is 0.314. The van der Waals surface area contributed by atoms with E-state index >= 15 is 0 Å². The van der Waals surface area contributed by atoms with E-state index in [1.165, 1.54) is 0 Å². The van der Waals surface area contributed by atoms with E-state index in [1.54, 1.807) is 18.6 Å². The highest BCUT2D eigenvalue weighted by molar-refractivity contribution is 6.05. The van der Waals surface area contributed by atoms with E-state index in [-0.39, 0.29) is 5.97 Å². The van der Waals surface area contributed by atoms with Crippen LogP contribution in [-0.2, 0) is 4.74 Å². The van der Waals surface area contributed by atoms with Crippen LogP contribution in [0.2, 0.25) is 0 Å². The largest absolute Gasteiger partial charge is 0.456 e. The Kier molecular flexibility index (Phi) is 3.45. The second-order valence-electron chi connectivity index (χ2n) is 6.20. The summed E-state index contributed by atoms with van der Waals surface area (Å²) >= 11 is 0. The standard InChI is InChI=1S/C18H18N2O2/c1-18(2,3)22-17(21)15-11-20-16-5-4-13(10-14(15)16)12-6-8-19-9-7-12/h4-11,20H,1-3H3. The predicted octanol–water partition coefficient (Wildman–Crippen LogP) is 4.19. The second-order valence-corrected chi connectivity index (χ2v) is 6.20. The lowest BCUT2D eigenvalue weighted by Crippen LogP contribution is -2.23. The maximum absolute atomic E-state index is 12.3. The van der Waals surface area contributed by atoms with E-state index < -0.39 is 5.60 Å². The van der Waals surface area contributed by atoms with Crippen LogP contribution in [0.3, 0.4) is 0 Å². The molecule has 0 unspecified atom stereocenters. The van der Waals surface area contributed by atoms with Crippen LogP contribution in [0.5, 0.6) is 0 Å². The molecular formula is C18H18N2O2. The van der Waals surface area contributed by atoms with Gasteiger partial charge in [-0.25, -0.2) is 4.79 Å². The molecule has 0 saturated heterocycles. The van der Waals surface area contributed by atoms with Crippen LogP contribution < -0.4 is 0 Å². The molecule has 0 saturated carbocycles. The van der Waals surface area contributed by atoms with E-state index in [9.17, 15) is 4.79 Å². The number of hydrogen-bond acceptors (Lipinski definition) is 3. The number of fused-ring (bicyclic) bond motifs is 1. The summed E-state index contributed by atoms with van der Waals surface area (Å²) in [5.74, 6) is -0.314. The molecule has 3 aromatic rings. The third-order valence-electron chi connectivity index (χ3n) is 3.31. The number of ether oxygens (including phenoxy) is 1. The topological polar surface area (TPSA) is 55.0 Å². The molecule has 0 bridgehead atoms. The van der Waals surface area contributed by atoms with E-state index in [4.69, 9.17) is 4.74 Å². The van der Waals surface area contributed by atoms with Crippen molar-refractivity contribution < 1.29 is 9.53 Å². The fraction of sp³-hybridized carbons (Fsp3) is 0.222. The van der Waals surface area contributed by atoms with Gasteiger partial charge in [-0.05, 0) is 56.2 Å². The molecule has 0 fully saturated rings. The van der Waals surface area contributed by atoms with Gasteiger partial charge in [-0.3, -0.25) is 4.98 Å². The van der Waals surface area contributed by atoms with Crippen molar-refractivity contribution in [1.29, 1.82) is 0 Å². The summed E-state index contributed by atoms with van der Waals surface area (Å²) in [4.78, 5) is 19.5. The summed E-state index contributed by atoms with van der Waals surface area (Å²) in [5.41, 5.74) is 3.07. The summed E-state index contributed by atoms with van der Waals surface area (Å²) in [6.07, 6.45) is 5.21. The van der Waals surface area contributed by atoms with Crippen molar-refractivity contribution in [3.8, 4) is 11.1 Å². The molecule has 0 spiro atoms. The number of nitrogens with one attached hydrogen (secondary N) is 1. The number of pyridine rings is 1. The summed E-state index contributed by atoms with van der Waals surface area (Å²) in [6, 6.07) is 9.88. The van der Waals surface area contributed by atoms with Crippen molar-refractivity contribution in [3.05, 3.63) is 54.5 Å². The summed E-state index contributed by atoms with van der Waals surface area (Å²) in [6.45, 7) is 5.59. The first-order valence-corrected chi connectivity index (χ1v) is 7.19. The van der Waals surface area contributed by atoms with Crippen molar-refractivity contribution in [1.82, 2.24) is 9.97 Å². The Morgan fingerprint density at radius 3 is 2.50 bits per heavy atom. The SMILES string of the molecule is CC(C)(C)OC(=O)c1c[nH]c2ccc(-c3ccncc3)cc12. The highest BCUT2D eigenvalue weighted by Crippen LogP contribution is 2.27. The molecule has 1 N–H and O–H groups in total. The Hall–Kier alpha value is -2.62. The average molecular weight is 294 g/mol. The van der Waals surface area contributed by atoms with Crippen molar-refractivity contribution in [2.45, 2.75) is 26.4 Å². The molecular weight excluding hydrogens is 276 g/mol. The van der Waals surface area contributed by atoms with E-state index in [2.05, 4.69) is 9.97 Å². The van der Waals surface area contributed by atoms with Crippen LogP contribution >= 0.6 is 0 Å². The van der Waals surface area contributed by atoms with E-state index in [0.29, 0.717) is 5.56 Å². The Labute approximate surface area is 129 Å². The van der Waals surface area contributed by atoms with E-state index in [1.807, 2.05) is 51.1 Å². The smallest absolute Gasteiger partial charge is 0.340 e. The number of hydrogen-bond donors (Lipinski definition) is 1. The first-order valence-electron chi connectivity index (χ1n) is 7.19. The first kappa shape index (κ1) is 14.3. The van der Waals surface area contributed by atoms with Gasteiger partial charge in [-0.2, -0.15) is 0 Å². The molecule has 2 heterocycles. The average Bonchev–Trinajstić information content (AvgIpc) is 2.89. The monoisotopic (exact) mass is 294 g/mol. The van der Waals surface area contributed by atoms with Crippen LogP contribution in [-0.4, -0.2) is 21.5 Å². The number of benzene rings is 1. The summed E-state index contributed by atoms with van der Waals surface area (Å²) in [7, 11) is 0. The van der Waals surface area contributed by atoms with Gasteiger partial charge >= 0.3 is 5.97 Å². The molecule has 1 aromatic carbocycles. The predicted molar refractivity (Wildman–Crippen MR) is 86.7 cm³/mol. The zero-order chi connectivity index (χ0) is 15.7. The molecule has 0 atom stereocenters. The summed E-state index contributed by atoms with van der Waals surface area (Å²) < 4.78 is 5.47. The van der Waals surface area contributed by atoms with Gasteiger partial charge in [-0.15, -0.1) is 0 Å². The third kappa shape index (κ3) is 2.86. The van der Waals surface area contributed by atoms with Crippen molar-refractivity contribution in [2.24, 2.45) is 0 Å². The fourth-order valence-electron chi connectivity index (χ4n) is 2.35. The van der Waals surface area contributed by atoms with Gasteiger partial charge in [0.2, 0.25) is 0 Å². The lowest BCUT2D eigenvalue weighted by atomic mass is 10.0. The van der Waals surface area contributed by atoms with Gasteiger partial charge in [0, 0.05) is 29.5 Å². The molecule has 4 nitrogen and oxygen atoms in total. The van der Waals surface area contributed by atoms with Crippen molar-refractivity contribution in [2.75, 3.05) is 0 Å². The minimum Gasteiger partial charge on any atom is -0.456 e. The number of carbonyl (C=O) groups is 1. The fourth-order valence-corrected chi connectivity index (χ4v) is 2.35. The van der Waals surface area contributed by atoms with Crippen LogP contribution in [0.4, 0.5) is 0 Å². The van der Waals surface area contributed by atoms with Gasteiger partial charge in [0.25, 0.3) is 0 Å². The number of carbonyl (C=O) groups excluding carboxylic acids is 1. The van der Waals surface area contributed by atoms with Crippen LogP contribution in [0, 0.1) is 0 Å². The van der Waals surface area contributed by atoms with Gasteiger partial charge in [-0.1, -0.05) is 6.07 Å². The number of nitrogens with zero attached hydrogens (tertiary/aromatic N) is 1. The Balaban J connectivity index is 2.04. The normalized spacial score (nSPS) is 11.6. The highest BCUT2D eigenvalue weighted by atomic mass is 16.6. The summed E-state index contributed by atoms with van der Waals surface area (Å²) in [5, 5.41) is 0.864. The number of H-pyrrole nitrogens is 1. The first-order chi connectivity index (χ1) is 10.4. The van der Waals surface area contributed by atoms with Gasteiger partial charge in [0.15, 0.2) is 0 Å². The lowest BCUT2D eigenvalue weighted by molar-refractivity contribution is 0.00719. The lowest BCUT2D eigenvalue weighted by Gasteiger charge is -2.19. The number of aromatic amines is 1. The van der Waals surface area contributed by atoms with Crippen molar-refractivity contribution in [3.63, 3.8) is 0 Å². The quantitative estimate of drug-likeness (QED) is 0.721. The van der Waals surface area contributed by atoms with Gasteiger partial charge in [0.05, 0.1) is 5.56 Å². The zero-order valence-corrected chi connectivity index (χ0v) is 12.9. The molecule has 22 heavy (non-hydrogen) atoms. The van der Waals surface area contributed by atoms with E-state index in [0.717, 1.165) is 22.0 Å². The minimum atomic E-state index is -0.511. The number of aromatic nitrogens is 2. The maximum atomic E-state index is 12.3. The molecule has 2 aromatic heterocycles. The van der Waals surface area contributed by atoms with Crippen LogP contribution in [0.15, 0.2) is 48.9 Å². The molecule has 112 valence electrons. The van der Waals surface area contributed by atoms with Crippen LogP contribution in [0.25, 0.3) is 22.0 Å². The Morgan fingerprint density at radius 2 is 1.82 bits per heavy atom. The van der Waals surface area contributed by atoms with Crippen molar-refractivity contribution >= 4 is 16.9 Å². The molecule has 3 rings (SSSR count). The number of rotatable bonds is 2. The maximum Gasteiger partial charge on any atom is 0.340 e. The highest BCUT2D eigenvalue weighted by Gasteiger charge is 2.20. The van der Waals surface area contributed by atoms with Gasteiger partial charge in [0.1, 0.15) is 5.60 Å². The second kappa shape index (κ2) is 5.30. The Bertz CT molecular complexity index is 814. The zero-order valence-electron chi connectivity index (χ0n) is 12.9. The van der Waals surface area contributed by atoms with Gasteiger partial charge < -0.3 is 9.72 Å². The molecule has 0 aliphatic heterocycles. The molecule has 0 aliphatic rings. The van der Waals surface area contributed by atoms with Crippen LogP contribution in [0.1, 0.15) is 31.1 Å². The Morgan fingerprint density at radius 1 is 1.09 bits per heavy atom. The third-order valence-corrected chi connectivity index (χ3v) is 3.31. The molecule has 0 aliphatic carbocycles. The number of esters is 1.